The van der Waals surface area contributed by atoms with Gasteiger partial charge in [-0.1, -0.05) is 44.5 Å². The molecule has 1 aliphatic rings. The predicted molar refractivity (Wildman–Crippen MR) is 161 cm³/mol. The summed E-state index contributed by atoms with van der Waals surface area (Å²) in [5, 5.41) is 25.8. The third-order valence-corrected chi connectivity index (χ3v) is 7.50. The Bertz CT molecular complexity index is 1470. The van der Waals surface area contributed by atoms with Crippen LogP contribution < -0.4 is 20.7 Å². The Balaban J connectivity index is 1.79. The minimum Gasteiger partial charge on any atom is -0.488 e. The summed E-state index contributed by atoms with van der Waals surface area (Å²) in [5.74, 6) is -3.34. The maximum Gasteiger partial charge on any atom is 0.305 e. The molecule has 0 unspecified atom stereocenters. The highest BCUT2D eigenvalue weighted by molar-refractivity contribution is 5.93. The quantitative estimate of drug-likeness (QED) is 0.226. The number of carboxylic acids is 1. The SMILES string of the molecule is CC[C@H](C)[C@H](NC(C)=O)C(=O)NCC(=O)N1C[C@@H](Oc2cccc(-c3cccc(C#N)c3)c2)C[C@H]1C(=O)N[C@H](C=O)CC(=O)O. The van der Waals surface area contributed by atoms with E-state index in [9.17, 15) is 34.0 Å². The van der Waals surface area contributed by atoms with E-state index in [0.29, 0.717) is 24.0 Å². The predicted octanol–water partition coefficient (Wildman–Crippen LogP) is 1.40. The van der Waals surface area contributed by atoms with E-state index in [-0.39, 0.29) is 18.9 Å². The van der Waals surface area contributed by atoms with Crippen molar-refractivity contribution < 1.29 is 38.6 Å². The van der Waals surface area contributed by atoms with Crippen LogP contribution in [0.1, 0.15) is 45.6 Å². The lowest BCUT2D eigenvalue weighted by molar-refractivity contribution is -0.141. The number of amides is 4. The Morgan fingerprint density at radius 3 is 2.42 bits per heavy atom. The van der Waals surface area contributed by atoms with Gasteiger partial charge in [0.15, 0.2) is 0 Å². The average molecular weight is 620 g/mol. The summed E-state index contributed by atoms with van der Waals surface area (Å²) in [7, 11) is 0. The van der Waals surface area contributed by atoms with Gasteiger partial charge in [0.2, 0.25) is 23.6 Å². The van der Waals surface area contributed by atoms with Gasteiger partial charge in [-0.3, -0.25) is 24.0 Å². The molecule has 13 heteroatoms. The molecule has 0 saturated carbocycles. The molecule has 0 spiro atoms. The van der Waals surface area contributed by atoms with Gasteiger partial charge in [-0.2, -0.15) is 5.26 Å². The van der Waals surface area contributed by atoms with Crippen molar-refractivity contribution in [3.63, 3.8) is 0 Å². The van der Waals surface area contributed by atoms with Crippen LogP contribution in [-0.2, 0) is 28.8 Å². The molecule has 5 atom stereocenters. The van der Waals surface area contributed by atoms with Gasteiger partial charge in [-0.15, -0.1) is 0 Å². The molecule has 0 aromatic heterocycles. The van der Waals surface area contributed by atoms with Gasteiger partial charge in [0.1, 0.15) is 30.2 Å². The van der Waals surface area contributed by atoms with Crippen LogP contribution in [0.3, 0.4) is 0 Å². The maximum absolute atomic E-state index is 13.4. The van der Waals surface area contributed by atoms with Crippen molar-refractivity contribution in [2.45, 2.75) is 64.3 Å². The summed E-state index contributed by atoms with van der Waals surface area (Å²) in [6, 6.07) is 13.0. The second-order valence-electron chi connectivity index (χ2n) is 10.9. The smallest absolute Gasteiger partial charge is 0.305 e. The first kappa shape index (κ1) is 34.2. The molecular formula is C32H37N5O8. The van der Waals surface area contributed by atoms with E-state index in [1.807, 2.05) is 19.1 Å². The van der Waals surface area contributed by atoms with Gasteiger partial charge >= 0.3 is 5.97 Å². The number of benzene rings is 2. The zero-order valence-corrected chi connectivity index (χ0v) is 25.3. The number of aliphatic carboxylic acids is 1. The van der Waals surface area contributed by atoms with Crippen LogP contribution in [0.25, 0.3) is 11.1 Å². The summed E-state index contributed by atoms with van der Waals surface area (Å²) in [5.41, 5.74) is 2.07. The summed E-state index contributed by atoms with van der Waals surface area (Å²) >= 11 is 0. The minimum atomic E-state index is -1.30. The van der Waals surface area contributed by atoms with Gasteiger partial charge in [-0.25, -0.2) is 0 Å². The van der Waals surface area contributed by atoms with Gasteiger partial charge in [0, 0.05) is 13.3 Å². The van der Waals surface area contributed by atoms with Crippen molar-refractivity contribution in [2.75, 3.05) is 13.1 Å². The monoisotopic (exact) mass is 619 g/mol. The van der Waals surface area contributed by atoms with Crippen LogP contribution in [0.15, 0.2) is 48.5 Å². The van der Waals surface area contributed by atoms with Crippen LogP contribution in [0.4, 0.5) is 0 Å². The molecule has 1 aliphatic heterocycles. The topological polar surface area (TPSA) is 195 Å². The van der Waals surface area contributed by atoms with E-state index in [0.717, 1.165) is 11.1 Å². The van der Waals surface area contributed by atoms with E-state index in [4.69, 9.17) is 9.84 Å². The molecule has 1 heterocycles. The summed E-state index contributed by atoms with van der Waals surface area (Å²) in [6.07, 6.45) is -0.363. The van der Waals surface area contributed by atoms with Crippen LogP contribution in [0.5, 0.6) is 5.75 Å². The first-order valence-electron chi connectivity index (χ1n) is 14.5. The van der Waals surface area contributed by atoms with E-state index >= 15 is 0 Å². The van der Waals surface area contributed by atoms with Crippen LogP contribution in [0, 0.1) is 17.2 Å². The molecule has 4 N–H and O–H groups in total. The van der Waals surface area contributed by atoms with E-state index < -0.39 is 66.8 Å². The van der Waals surface area contributed by atoms with Gasteiger partial charge in [0.25, 0.3) is 0 Å². The normalized spacial score (nSPS) is 17.6. The highest BCUT2D eigenvalue weighted by Gasteiger charge is 2.41. The number of rotatable bonds is 14. The fourth-order valence-corrected chi connectivity index (χ4v) is 5.01. The third kappa shape index (κ3) is 9.62. The van der Waals surface area contributed by atoms with Gasteiger partial charge < -0.3 is 35.5 Å². The first-order valence-corrected chi connectivity index (χ1v) is 14.5. The number of likely N-dealkylation sites (tertiary alicyclic amines) is 1. The lowest BCUT2D eigenvalue weighted by atomic mass is 9.98. The highest BCUT2D eigenvalue weighted by Crippen LogP contribution is 2.28. The molecule has 0 aliphatic carbocycles. The van der Waals surface area contributed by atoms with Crippen molar-refractivity contribution in [3.8, 4) is 22.9 Å². The summed E-state index contributed by atoms with van der Waals surface area (Å²) in [6.45, 7) is 4.44. The first-order chi connectivity index (χ1) is 21.4. The number of hydrogen-bond donors (Lipinski definition) is 4. The van der Waals surface area contributed by atoms with Gasteiger partial charge in [0.05, 0.1) is 37.2 Å². The Hall–Kier alpha value is -5.25. The number of nitriles is 1. The lowest BCUT2D eigenvalue weighted by Gasteiger charge is -2.26. The van der Waals surface area contributed by atoms with Gasteiger partial charge in [-0.05, 0) is 41.3 Å². The van der Waals surface area contributed by atoms with Crippen LogP contribution in [-0.4, -0.2) is 83.2 Å². The van der Waals surface area contributed by atoms with Crippen molar-refractivity contribution in [1.29, 1.82) is 5.26 Å². The average Bonchev–Trinajstić information content (AvgIpc) is 3.45. The molecule has 2 aromatic rings. The van der Waals surface area contributed by atoms with Crippen molar-refractivity contribution in [1.82, 2.24) is 20.9 Å². The van der Waals surface area contributed by atoms with Crippen molar-refractivity contribution >= 4 is 35.9 Å². The maximum atomic E-state index is 13.4. The number of aldehydes is 1. The number of ether oxygens (including phenoxy) is 1. The van der Waals surface area contributed by atoms with Crippen molar-refractivity contribution in [2.24, 2.45) is 5.92 Å². The summed E-state index contributed by atoms with van der Waals surface area (Å²) in [4.78, 5) is 74.9. The molecule has 3 rings (SSSR count). The van der Waals surface area contributed by atoms with Crippen LogP contribution in [0.2, 0.25) is 0 Å². The Labute approximate surface area is 260 Å². The zero-order valence-electron chi connectivity index (χ0n) is 25.3. The van der Waals surface area contributed by atoms with E-state index in [2.05, 4.69) is 22.0 Å². The Kier molecular flexibility index (Phi) is 12.2. The number of hydrogen-bond acceptors (Lipinski definition) is 8. The standard InChI is InChI=1S/C32H37N5O8/c1-4-19(2)30(35-20(3)39)32(44)34-16-28(40)37-17-26(14-27(37)31(43)36-24(18-38)13-29(41)42)45-25-10-6-9-23(12-25)22-8-5-7-21(11-22)15-33/h5-12,18-19,24,26-27,30H,4,13-14,16-17H2,1-3H3,(H,34,44)(H,35,39)(H,36,43)(H,41,42)/t19-,24-,26-,27-,30-/m0/s1. The minimum absolute atomic E-state index is 0.0275. The molecule has 13 nitrogen and oxygen atoms in total. The molecule has 1 fully saturated rings. The zero-order chi connectivity index (χ0) is 33.1. The molecule has 4 amide bonds. The second-order valence-corrected chi connectivity index (χ2v) is 10.9. The third-order valence-electron chi connectivity index (χ3n) is 7.50. The molecule has 0 radical (unpaired) electrons. The Morgan fingerprint density at radius 2 is 1.80 bits per heavy atom. The van der Waals surface area contributed by atoms with E-state index in [1.165, 1.54) is 11.8 Å². The molecule has 45 heavy (non-hydrogen) atoms. The molecule has 2 aromatic carbocycles. The molecule has 0 bridgehead atoms. The second kappa shape index (κ2) is 16.0. The van der Waals surface area contributed by atoms with Crippen LogP contribution >= 0.6 is 0 Å². The number of nitrogens with one attached hydrogen (secondary N) is 3. The fourth-order valence-electron chi connectivity index (χ4n) is 5.01. The number of carbonyl (C=O) groups is 6. The van der Waals surface area contributed by atoms with Crippen molar-refractivity contribution in [3.05, 3.63) is 54.1 Å². The summed E-state index contributed by atoms with van der Waals surface area (Å²) < 4.78 is 6.17. The number of carbonyl (C=O) groups excluding carboxylic acids is 5. The number of nitrogens with zero attached hydrogens (tertiary/aromatic N) is 2. The molecule has 238 valence electrons. The fraction of sp³-hybridized carbons (Fsp3) is 0.406. The molecular weight excluding hydrogens is 582 g/mol. The lowest BCUT2D eigenvalue weighted by Crippen LogP contribution is -2.54. The number of carboxylic acid groups (broad SMARTS) is 1. The largest absolute Gasteiger partial charge is 0.488 e. The Morgan fingerprint density at radius 1 is 1.11 bits per heavy atom. The highest BCUT2D eigenvalue weighted by atomic mass is 16.5. The molecule has 1 saturated heterocycles. The van der Waals surface area contributed by atoms with E-state index in [1.54, 1.807) is 43.3 Å².